The van der Waals surface area contributed by atoms with Crippen molar-refractivity contribution in [3.8, 4) is 11.3 Å². The summed E-state index contributed by atoms with van der Waals surface area (Å²) in [5, 5.41) is 4.39. The lowest BCUT2D eigenvalue weighted by atomic mass is 10.1. The number of nitrogens with two attached hydrogens (primary N) is 1. The van der Waals surface area contributed by atoms with E-state index in [0.717, 1.165) is 23.5 Å². The lowest BCUT2D eigenvalue weighted by molar-refractivity contribution is 0.662. The molecule has 0 fully saturated rings. The highest BCUT2D eigenvalue weighted by Gasteiger charge is 2.06. The van der Waals surface area contributed by atoms with Crippen molar-refractivity contribution >= 4 is 5.69 Å². The van der Waals surface area contributed by atoms with Crippen LogP contribution in [0.3, 0.4) is 0 Å². The summed E-state index contributed by atoms with van der Waals surface area (Å²) in [7, 11) is 0. The maximum atomic E-state index is 5.87. The number of benzene rings is 1. The van der Waals surface area contributed by atoms with Gasteiger partial charge in [-0.15, -0.1) is 0 Å². The molecule has 2 aromatic rings. The van der Waals surface area contributed by atoms with Crippen molar-refractivity contribution in [2.45, 2.75) is 13.5 Å². The Morgan fingerprint density at radius 1 is 1.29 bits per heavy atom. The second-order valence-electron chi connectivity index (χ2n) is 3.15. The number of aryl methyl sites for hydroxylation is 1. The van der Waals surface area contributed by atoms with Gasteiger partial charge < -0.3 is 5.73 Å². The highest BCUT2D eigenvalue weighted by atomic mass is 15.3. The molecule has 0 aliphatic carbocycles. The van der Waals surface area contributed by atoms with Crippen molar-refractivity contribution in [2.75, 3.05) is 5.73 Å². The Hall–Kier alpha value is -1.77. The Balaban J connectivity index is 2.46. The minimum atomic E-state index is 0.734. The van der Waals surface area contributed by atoms with Crippen LogP contribution in [0.4, 0.5) is 5.69 Å². The van der Waals surface area contributed by atoms with E-state index in [2.05, 4.69) is 5.10 Å². The van der Waals surface area contributed by atoms with Gasteiger partial charge in [0.2, 0.25) is 0 Å². The molecule has 0 amide bonds. The summed E-state index contributed by atoms with van der Waals surface area (Å²) >= 11 is 0. The number of hydrogen-bond acceptors (Lipinski definition) is 2. The zero-order valence-electron chi connectivity index (χ0n) is 8.14. The summed E-state index contributed by atoms with van der Waals surface area (Å²) in [6, 6.07) is 9.98. The predicted molar refractivity (Wildman–Crippen MR) is 57.7 cm³/mol. The zero-order chi connectivity index (χ0) is 9.97. The molecule has 0 radical (unpaired) electrons. The molecule has 0 unspecified atom stereocenters. The fraction of sp³-hybridized carbons (Fsp3) is 0.182. The van der Waals surface area contributed by atoms with Crippen LogP contribution < -0.4 is 5.73 Å². The van der Waals surface area contributed by atoms with Crippen LogP contribution in [-0.2, 0) is 6.54 Å². The summed E-state index contributed by atoms with van der Waals surface area (Å²) in [4.78, 5) is 0. The Morgan fingerprint density at radius 2 is 2.00 bits per heavy atom. The van der Waals surface area contributed by atoms with Crippen LogP contribution in [0.2, 0.25) is 0 Å². The van der Waals surface area contributed by atoms with Gasteiger partial charge in [-0.1, -0.05) is 30.3 Å². The van der Waals surface area contributed by atoms with Gasteiger partial charge in [0, 0.05) is 18.3 Å². The van der Waals surface area contributed by atoms with E-state index >= 15 is 0 Å². The Kier molecular flexibility index (Phi) is 2.23. The van der Waals surface area contributed by atoms with Gasteiger partial charge in [-0.25, -0.2) is 0 Å². The van der Waals surface area contributed by atoms with Gasteiger partial charge >= 0.3 is 0 Å². The van der Waals surface area contributed by atoms with Crippen molar-refractivity contribution in [1.29, 1.82) is 0 Å². The van der Waals surface area contributed by atoms with Crippen LogP contribution in [0.5, 0.6) is 0 Å². The molecule has 0 saturated heterocycles. The second-order valence-corrected chi connectivity index (χ2v) is 3.15. The Labute approximate surface area is 83.2 Å². The molecule has 1 aromatic heterocycles. The highest BCUT2D eigenvalue weighted by molar-refractivity contribution is 5.71. The van der Waals surface area contributed by atoms with E-state index in [1.807, 2.05) is 48.1 Å². The van der Waals surface area contributed by atoms with Crippen LogP contribution in [0, 0.1) is 0 Å². The van der Waals surface area contributed by atoms with Gasteiger partial charge in [0.1, 0.15) is 5.69 Å². The van der Waals surface area contributed by atoms with Crippen molar-refractivity contribution in [1.82, 2.24) is 9.78 Å². The molecule has 0 bridgehead atoms. The molecule has 1 heterocycles. The fourth-order valence-corrected chi connectivity index (χ4v) is 1.42. The maximum absolute atomic E-state index is 5.87. The number of aromatic nitrogens is 2. The van der Waals surface area contributed by atoms with E-state index in [4.69, 9.17) is 5.73 Å². The predicted octanol–water partition coefficient (Wildman–Crippen LogP) is 2.15. The number of nitrogen functional groups attached to an aromatic ring is 1. The molecular weight excluding hydrogens is 174 g/mol. The standard InChI is InChI=1S/C11H13N3/c1-2-14-8-10(12)11(13-14)9-6-4-3-5-7-9/h3-8H,2,12H2,1H3. The number of anilines is 1. The van der Waals surface area contributed by atoms with Crippen LogP contribution in [0.1, 0.15) is 6.92 Å². The Morgan fingerprint density at radius 3 is 2.57 bits per heavy atom. The summed E-state index contributed by atoms with van der Waals surface area (Å²) < 4.78 is 1.84. The molecule has 0 spiro atoms. The smallest absolute Gasteiger partial charge is 0.115 e. The SMILES string of the molecule is CCn1cc(N)c(-c2ccccc2)n1. The van der Waals surface area contributed by atoms with Crippen molar-refractivity contribution in [3.05, 3.63) is 36.5 Å². The third kappa shape index (κ3) is 1.48. The van der Waals surface area contributed by atoms with Crippen LogP contribution in [-0.4, -0.2) is 9.78 Å². The zero-order valence-corrected chi connectivity index (χ0v) is 8.14. The van der Waals surface area contributed by atoms with Crippen LogP contribution in [0.25, 0.3) is 11.3 Å². The molecule has 1 aromatic carbocycles. The van der Waals surface area contributed by atoms with Gasteiger partial charge in [0.15, 0.2) is 0 Å². The topological polar surface area (TPSA) is 43.8 Å². The summed E-state index contributed by atoms with van der Waals surface area (Å²) in [5.74, 6) is 0. The molecule has 2 rings (SSSR count). The van der Waals surface area contributed by atoms with E-state index in [0.29, 0.717) is 0 Å². The third-order valence-corrected chi connectivity index (χ3v) is 2.16. The van der Waals surface area contributed by atoms with Gasteiger partial charge in [-0.05, 0) is 6.92 Å². The third-order valence-electron chi connectivity index (χ3n) is 2.16. The minimum Gasteiger partial charge on any atom is -0.396 e. The van der Waals surface area contributed by atoms with Crippen molar-refractivity contribution in [2.24, 2.45) is 0 Å². The summed E-state index contributed by atoms with van der Waals surface area (Å²) in [6.45, 7) is 2.89. The molecule has 0 atom stereocenters. The number of hydrogen-bond donors (Lipinski definition) is 1. The average Bonchev–Trinajstić information content (AvgIpc) is 2.61. The first-order chi connectivity index (χ1) is 6.81. The van der Waals surface area contributed by atoms with E-state index in [1.54, 1.807) is 0 Å². The molecule has 0 aliphatic rings. The van der Waals surface area contributed by atoms with E-state index in [1.165, 1.54) is 0 Å². The molecular formula is C11H13N3. The molecule has 3 nitrogen and oxygen atoms in total. The van der Waals surface area contributed by atoms with E-state index in [-0.39, 0.29) is 0 Å². The summed E-state index contributed by atoms with van der Waals surface area (Å²) in [6.07, 6.45) is 1.86. The first-order valence-corrected chi connectivity index (χ1v) is 4.69. The first-order valence-electron chi connectivity index (χ1n) is 4.69. The second kappa shape index (κ2) is 3.54. The van der Waals surface area contributed by atoms with Crippen LogP contribution >= 0.6 is 0 Å². The number of rotatable bonds is 2. The highest BCUT2D eigenvalue weighted by Crippen LogP contribution is 2.23. The van der Waals surface area contributed by atoms with Crippen LogP contribution in [0.15, 0.2) is 36.5 Å². The maximum Gasteiger partial charge on any atom is 0.115 e. The molecule has 72 valence electrons. The first kappa shape index (κ1) is 8.81. The van der Waals surface area contributed by atoms with E-state index in [9.17, 15) is 0 Å². The molecule has 0 aliphatic heterocycles. The average molecular weight is 187 g/mol. The normalized spacial score (nSPS) is 10.4. The van der Waals surface area contributed by atoms with Gasteiger partial charge in [0.05, 0.1) is 5.69 Å². The lowest BCUT2D eigenvalue weighted by Gasteiger charge is -1.96. The van der Waals surface area contributed by atoms with Gasteiger partial charge in [0.25, 0.3) is 0 Å². The largest absolute Gasteiger partial charge is 0.396 e. The monoisotopic (exact) mass is 187 g/mol. The summed E-state index contributed by atoms with van der Waals surface area (Å²) in [5.41, 5.74) is 8.53. The van der Waals surface area contributed by atoms with Gasteiger partial charge in [-0.2, -0.15) is 5.10 Å². The quantitative estimate of drug-likeness (QED) is 0.782. The van der Waals surface area contributed by atoms with E-state index < -0.39 is 0 Å². The minimum absolute atomic E-state index is 0.734. The number of nitrogens with zero attached hydrogens (tertiary/aromatic N) is 2. The Bertz CT molecular complexity index is 417. The molecule has 0 saturated carbocycles. The van der Waals surface area contributed by atoms with Crippen molar-refractivity contribution in [3.63, 3.8) is 0 Å². The lowest BCUT2D eigenvalue weighted by Crippen LogP contribution is -1.93. The fourth-order valence-electron chi connectivity index (χ4n) is 1.42. The van der Waals surface area contributed by atoms with Gasteiger partial charge in [-0.3, -0.25) is 4.68 Å². The molecule has 14 heavy (non-hydrogen) atoms. The molecule has 3 heteroatoms. The molecule has 2 N–H and O–H groups in total. The van der Waals surface area contributed by atoms with Crippen molar-refractivity contribution < 1.29 is 0 Å².